The van der Waals surface area contributed by atoms with Crippen LogP contribution in [0, 0.1) is 11.6 Å². The summed E-state index contributed by atoms with van der Waals surface area (Å²) in [5.41, 5.74) is 7.31. The third-order valence-electron chi connectivity index (χ3n) is 9.12. The molecule has 54 heavy (non-hydrogen) atoms. The average Bonchev–Trinajstić information content (AvgIpc) is 3.72. The molecule has 6 aromatic carbocycles. The molecule has 268 valence electrons. The van der Waals surface area contributed by atoms with Crippen LogP contribution < -0.4 is 0 Å². The van der Waals surface area contributed by atoms with E-state index < -0.39 is 23.6 Å². The summed E-state index contributed by atoms with van der Waals surface area (Å²) in [5.74, 6) is -2.94. The summed E-state index contributed by atoms with van der Waals surface area (Å²) < 4.78 is 30.7. The molecule has 6 nitrogen and oxygen atoms in total. The van der Waals surface area contributed by atoms with Crippen LogP contribution in [-0.2, 0) is 13.1 Å². The molecule has 0 aliphatic heterocycles. The lowest BCUT2D eigenvalue weighted by atomic mass is 10.0. The molecular formula is C44H30Cl2F2N2O4. The van der Waals surface area contributed by atoms with Crippen molar-refractivity contribution in [2.24, 2.45) is 0 Å². The summed E-state index contributed by atoms with van der Waals surface area (Å²) in [6.45, 7) is 1.15. The number of rotatable bonds is 8. The van der Waals surface area contributed by atoms with Crippen LogP contribution in [-0.4, -0.2) is 31.3 Å². The largest absolute Gasteiger partial charge is 0.478 e. The SMILES string of the molecule is O=C(O)c1cn(Cc2ccccc2)c2ccc(-c3ccc(F)c(Cl)c3)cc12.O=C(O)c1cn(Cc2ccccc2)c2ccc(-c3ccc(F)c(Cl)c3)cc12. The van der Waals surface area contributed by atoms with E-state index in [1.165, 1.54) is 12.1 Å². The van der Waals surface area contributed by atoms with Gasteiger partial charge in [0.1, 0.15) is 11.6 Å². The lowest BCUT2D eigenvalue weighted by Gasteiger charge is -2.07. The number of aromatic carboxylic acids is 2. The number of hydrogen-bond donors (Lipinski definition) is 2. The predicted octanol–water partition coefficient (Wildman–Crippen LogP) is 11.7. The molecule has 0 unspecified atom stereocenters. The van der Waals surface area contributed by atoms with Crippen molar-refractivity contribution in [3.8, 4) is 22.3 Å². The minimum Gasteiger partial charge on any atom is -0.478 e. The Hall–Kier alpha value is -6.22. The van der Waals surface area contributed by atoms with E-state index >= 15 is 0 Å². The Labute approximate surface area is 318 Å². The lowest BCUT2D eigenvalue weighted by Crippen LogP contribution is -1.98. The molecule has 2 N–H and O–H groups in total. The normalized spacial score (nSPS) is 11.0. The zero-order valence-corrected chi connectivity index (χ0v) is 29.9. The van der Waals surface area contributed by atoms with Gasteiger partial charge in [-0.05, 0) is 81.9 Å². The fourth-order valence-electron chi connectivity index (χ4n) is 6.47. The molecule has 0 spiro atoms. The van der Waals surface area contributed by atoms with Crippen molar-refractivity contribution in [2.75, 3.05) is 0 Å². The zero-order valence-electron chi connectivity index (χ0n) is 28.4. The van der Waals surface area contributed by atoms with Crippen LogP contribution >= 0.6 is 23.2 Å². The number of benzene rings is 6. The molecule has 0 radical (unpaired) electrons. The van der Waals surface area contributed by atoms with Gasteiger partial charge < -0.3 is 19.3 Å². The highest BCUT2D eigenvalue weighted by atomic mass is 35.5. The van der Waals surface area contributed by atoms with E-state index in [1.807, 2.05) is 106 Å². The Morgan fingerprint density at radius 2 is 0.852 bits per heavy atom. The minimum atomic E-state index is -0.985. The maximum Gasteiger partial charge on any atom is 0.337 e. The number of carboxylic acid groups (broad SMARTS) is 2. The number of fused-ring (bicyclic) bond motifs is 2. The van der Waals surface area contributed by atoms with Gasteiger partial charge in [0.05, 0.1) is 21.2 Å². The third kappa shape index (κ3) is 7.62. The predicted molar refractivity (Wildman–Crippen MR) is 210 cm³/mol. The second kappa shape index (κ2) is 15.4. The smallest absolute Gasteiger partial charge is 0.337 e. The second-order valence-corrected chi connectivity index (χ2v) is 13.5. The number of aromatic nitrogens is 2. The van der Waals surface area contributed by atoms with Gasteiger partial charge >= 0.3 is 11.9 Å². The molecule has 0 atom stereocenters. The van der Waals surface area contributed by atoms with Gasteiger partial charge in [-0.3, -0.25) is 0 Å². The van der Waals surface area contributed by atoms with Crippen molar-refractivity contribution in [1.29, 1.82) is 0 Å². The second-order valence-electron chi connectivity index (χ2n) is 12.6. The van der Waals surface area contributed by atoms with Crippen LogP contribution in [0.5, 0.6) is 0 Å². The molecule has 0 saturated carbocycles. The Kier molecular flexibility index (Phi) is 10.3. The fraction of sp³-hybridized carbons (Fsp3) is 0.0455. The molecule has 8 aromatic rings. The van der Waals surface area contributed by atoms with E-state index in [0.29, 0.717) is 23.9 Å². The van der Waals surface area contributed by atoms with Crippen LogP contribution in [0.3, 0.4) is 0 Å². The molecule has 0 saturated heterocycles. The van der Waals surface area contributed by atoms with E-state index in [-0.39, 0.29) is 21.2 Å². The fourth-order valence-corrected chi connectivity index (χ4v) is 6.83. The molecular weight excluding hydrogens is 729 g/mol. The van der Waals surface area contributed by atoms with E-state index in [2.05, 4.69) is 0 Å². The Morgan fingerprint density at radius 1 is 0.500 bits per heavy atom. The minimum absolute atomic E-state index is 0.0349. The number of hydrogen-bond acceptors (Lipinski definition) is 2. The lowest BCUT2D eigenvalue weighted by molar-refractivity contribution is 0.0688. The van der Waals surface area contributed by atoms with Crippen LogP contribution in [0.1, 0.15) is 31.8 Å². The monoisotopic (exact) mass is 758 g/mol. The van der Waals surface area contributed by atoms with Gasteiger partial charge in [0.15, 0.2) is 0 Å². The molecule has 0 bridgehead atoms. The standard InChI is InChI=1S/2C22H15ClFNO2/c2*23-19-11-16(6-8-20(19)24)15-7-9-21-17(10-15)18(22(26)27)13-25(21)12-14-4-2-1-3-5-14/h2*1-11,13H,12H2,(H,26,27). The zero-order chi connectivity index (χ0) is 37.9. The summed E-state index contributed by atoms with van der Waals surface area (Å²) >= 11 is 11.8. The number of carbonyl (C=O) groups is 2. The van der Waals surface area contributed by atoms with E-state index in [4.69, 9.17) is 23.2 Å². The first-order valence-corrected chi connectivity index (χ1v) is 17.5. The summed E-state index contributed by atoms with van der Waals surface area (Å²) in [6, 6.07) is 39.8. The Bertz CT molecular complexity index is 2490. The molecule has 0 aliphatic carbocycles. The summed E-state index contributed by atoms with van der Waals surface area (Å²) in [5, 5.41) is 20.6. The quantitative estimate of drug-likeness (QED) is 0.162. The first-order chi connectivity index (χ1) is 26.0. The van der Waals surface area contributed by atoms with Crippen LogP contribution in [0.15, 0.2) is 146 Å². The molecule has 2 heterocycles. The summed E-state index contributed by atoms with van der Waals surface area (Å²) in [6.07, 6.45) is 3.31. The van der Waals surface area contributed by atoms with Crippen molar-refractivity contribution in [3.05, 3.63) is 190 Å². The highest BCUT2D eigenvalue weighted by Gasteiger charge is 2.17. The van der Waals surface area contributed by atoms with Gasteiger partial charge in [-0.25, -0.2) is 18.4 Å². The van der Waals surface area contributed by atoms with Gasteiger partial charge in [0, 0.05) is 47.3 Å². The summed E-state index contributed by atoms with van der Waals surface area (Å²) in [4.78, 5) is 23.5. The third-order valence-corrected chi connectivity index (χ3v) is 9.70. The van der Waals surface area contributed by atoms with Crippen molar-refractivity contribution in [3.63, 3.8) is 0 Å². The maximum atomic E-state index is 13.4. The van der Waals surface area contributed by atoms with Crippen molar-refractivity contribution in [1.82, 2.24) is 9.13 Å². The van der Waals surface area contributed by atoms with E-state index in [9.17, 15) is 28.6 Å². The Balaban J connectivity index is 0.000000167. The first kappa shape index (κ1) is 36.2. The first-order valence-electron chi connectivity index (χ1n) is 16.8. The van der Waals surface area contributed by atoms with Gasteiger partial charge in [-0.2, -0.15) is 0 Å². The van der Waals surface area contributed by atoms with Gasteiger partial charge in [0.2, 0.25) is 0 Å². The molecule has 0 aliphatic rings. The van der Waals surface area contributed by atoms with Crippen LogP contribution in [0.2, 0.25) is 10.0 Å². The van der Waals surface area contributed by atoms with Gasteiger partial charge in [-0.15, -0.1) is 0 Å². The average molecular weight is 760 g/mol. The highest BCUT2D eigenvalue weighted by Crippen LogP contribution is 2.32. The molecule has 8 rings (SSSR count). The van der Waals surface area contributed by atoms with Crippen LogP contribution in [0.25, 0.3) is 44.1 Å². The van der Waals surface area contributed by atoms with E-state index in [0.717, 1.165) is 44.4 Å². The maximum absolute atomic E-state index is 13.4. The van der Waals surface area contributed by atoms with Gasteiger partial charge in [0.25, 0.3) is 0 Å². The summed E-state index contributed by atoms with van der Waals surface area (Å²) in [7, 11) is 0. The highest BCUT2D eigenvalue weighted by molar-refractivity contribution is 6.31. The molecule has 0 amide bonds. The molecule has 10 heteroatoms. The topological polar surface area (TPSA) is 84.5 Å². The van der Waals surface area contributed by atoms with Crippen molar-refractivity contribution in [2.45, 2.75) is 13.1 Å². The van der Waals surface area contributed by atoms with Crippen molar-refractivity contribution >= 4 is 56.9 Å². The van der Waals surface area contributed by atoms with Gasteiger partial charge in [-0.1, -0.05) is 108 Å². The molecule has 0 fully saturated rings. The number of nitrogens with zero attached hydrogens (tertiary/aromatic N) is 2. The van der Waals surface area contributed by atoms with Crippen LogP contribution in [0.4, 0.5) is 8.78 Å². The number of carboxylic acids is 2. The van der Waals surface area contributed by atoms with Crippen molar-refractivity contribution < 1.29 is 28.6 Å². The van der Waals surface area contributed by atoms with E-state index in [1.54, 1.807) is 36.7 Å². The molecule has 2 aromatic heterocycles. The Morgan fingerprint density at radius 3 is 1.20 bits per heavy atom. The number of halogens is 4.